The molecule has 4 amide bonds. The summed E-state index contributed by atoms with van der Waals surface area (Å²) in [4.78, 5) is 39.0. The van der Waals surface area contributed by atoms with E-state index in [0.717, 1.165) is 19.6 Å². The molecule has 1 N–H and O–H groups in total. The zero-order chi connectivity index (χ0) is 22.7. The molecule has 0 atom stereocenters. The van der Waals surface area contributed by atoms with Crippen LogP contribution in [0.15, 0.2) is 48.6 Å². The van der Waals surface area contributed by atoms with E-state index in [1.807, 2.05) is 19.9 Å². The lowest BCUT2D eigenvalue weighted by atomic mass is 10.0. The zero-order valence-electron chi connectivity index (χ0n) is 17.3. The Kier molecular flexibility index (Phi) is 6.79. The first kappa shape index (κ1) is 22.5. The van der Waals surface area contributed by atoms with Crippen LogP contribution < -0.4 is 19.7 Å². The number of nitrogens with zero attached hydrogens (tertiary/aromatic N) is 1. The molecule has 8 heteroatoms. The van der Waals surface area contributed by atoms with Crippen LogP contribution in [-0.4, -0.2) is 31.6 Å². The number of amides is 4. The molecule has 1 saturated heterocycles. The van der Waals surface area contributed by atoms with Gasteiger partial charge in [0, 0.05) is 0 Å². The molecule has 0 aliphatic carbocycles. The first-order valence-electron chi connectivity index (χ1n) is 9.36. The summed E-state index contributed by atoms with van der Waals surface area (Å²) in [6.07, 6.45) is 3.05. The normalized spacial score (nSPS) is 15.2. The highest BCUT2D eigenvalue weighted by atomic mass is 127. The van der Waals surface area contributed by atoms with E-state index in [4.69, 9.17) is 9.47 Å². The van der Waals surface area contributed by atoms with E-state index in [-0.39, 0.29) is 5.57 Å². The third-order valence-corrected chi connectivity index (χ3v) is 5.28. The number of hydrogen-bond donors (Lipinski definition) is 1. The van der Waals surface area contributed by atoms with Crippen molar-refractivity contribution in [1.82, 2.24) is 5.32 Å². The largest absolute Gasteiger partial charge is 0.493 e. The van der Waals surface area contributed by atoms with Crippen molar-refractivity contribution in [3.63, 3.8) is 0 Å². The maximum atomic E-state index is 13.1. The molecule has 1 heterocycles. The minimum Gasteiger partial charge on any atom is -0.493 e. The van der Waals surface area contributed by atoms with E-state index in [1.165, 1.54) is 13.2 Å². The molecule has 1 aliphatic heterocycles. The van der Waals surface area contributed by atoms with Gasteiger partial charge >= 0.3 is 6.03 Å². The van der Waals surface area contributed by atoms with Gasteiger partial charge in [0.15, 0.2) is 11.5 Å². The third kappa shape index (κ3) is 4.79. The molecule has 31 heavy (non-hydrogen) atoms. The van der Waals surface area contributed by atoms with Gasteiger partial charge in [0.25, 0.3) is 11.8 Å². The highest BCUT2D eigenvalue weighted by Gasteiger charge is 2.37. The Hall–Kier alpha value is -3.14. The topological polar surface area (TPSA) is 84.9 Å². The summed E-state index contributed by atoms with van der Waals surface area (Å²) < 4.78 is 11.8. The molecule has 1 aliphatic rings. The van der Waals surface area contributed by atoms with Crippen LogP contribution in [0.4, 0.5) is 10.5 Å². The predicted molar refractivity (Wildman–Crippen MR) is 126 cm³/mol. The minimum atomic E-state index is -0.780. The van der Waals surface area contributed by atoms with Gasteiger partial charge in [-0.1, -0.05) is 18.7 Å². The van der Waals surface area contributed by atoms with Crippen molar-refractivity contribution in [3.05, 3.63) is 68.8 Å². The van der Waals surface area contributed by atoms with Crippen LogP contribution in [0.25, 0.3) is 6.08 Å². The van der Waals surface area contributed by atoms with Gasteiger partial charge < -0.3 is 9.47 Å². The van der Waals surface area contributed by atoms with E-state index >= 15 is 0 Å². The van der Waals surface area contributed by atoms with Crippen molar-refractivity contribution in [3.8, 4) is 11.5 Å². The smallest absolute Gasteiger partial charge is 0.335 e. The quantitative estimate of drug-likeness (QED) is 0.262. The number of imide groups is 2. The van der Waals surface area contributed by atoms with Crippen LogP contribution in [0, 0.1) is 17.4 Å². The molecule has 2 aromatic carbocycles. The zero-order valence-corrected chi connectivity index (χ0v) is 19.5. The van der Waals surface area contributed by atoms with E-state index < -0.39 is 17.8 Å². The molecule has 160 valence electrons. The van der Waals surface area contributed by atoms with E-state index in [9.17, 15) is 14.4 Å². The fourth-order valence-electron chi connectivity index (χ4n) is 3.24. The van der Waals surface area contributed by atoms with Gasteiger partial charge in [0.2, 0.25) is 0 Å². The summed E-state index contributed by atoms with van der Waals surface area (Å²) in [5, 5.41) is 2.24. The number of methoxy groups -OCH3 is 1. The number of ether oxygens (including phenoxy) is 2. The third-order valence-electron chi connectivity index (χ3n) is 4.47. The first-order chi connectivity index (χ1) is 14.7. The van der Waals surface area contributed by atoms with Crippen LogP contribution in [0.1, 0.15) is 16.7 Å². The number of anilines is 1. The SMILES string of the molecule is C=CCOc1c(I)cc(C=C2C(=O)NC(=O)N(c3cc(C)cc(C)c3)C2=O)cc1OC. The van der Waals surface area contributed by atoms with Crippen molar-refractivity contribution in [2.75, 3.05) is 18.6 Å². The Morgan fingerprint density at radius 3 is 2.39 bits per heavy atom. The molecule has 1 fully saturated rings. The fraction of sp³-hybridized carbons (Fsp3) is 0.174. The Morgan fingerprint density at radius 2 is 1.77 bits per heavy atom. The van der Waals surface area contributed by atoms with E-state index in [0.29, 0.717) is 29.4 Å². The average Bonchev–Trinajstić information content (AvgIpc) is 2.69. The monoisotopic (exact) mass is 532 g/mol. The molecule has 0 aromatic heterocycles. The van der Waals surface area contributed by atoms with Gasteiger partial charge in [-0.2, -0.15) is 0 Å². The molecular formula is C23H21IN2O5. The summed E-state index contributed by atoms with van der Waals surface area (Å²) >= 11 is 2.08. The molecule has 0 unspecified atom stereocenters. The summed E-state index contributed by atoms with van der Waals surface area (Å²) in [6, 6.07) is 8.00. The number of hydrogen-bond acceptors (Lipinski definition) is 5. The van der Waals surface area contributed by atoms with Gasteiger partial charge in [-0.25, -0.2) is 9.69 Å². The lowest BCUT2D eigenvalue weighted by molar-refractivity contribution is -0.122. The number of benzene rings is 2. The Bertz CT molecular complexity index is 1100. The van der Waals surface area contributed by atoms with Crippen molar-refractivity contribution in [2.24, 2.45) is 0 Å². The number of barbiturate groups is 1. The van der Waals surface area contributed by atoms with Crippen LogP contribution in [-0.2, 0) is 9.59 Å². The Morgan fingerprint density at radius 1 is 1.10 bits per heavy atom. The summed E-state index contributed by atoms with van der Waals surface area (Å²) in [5.41, 5.74) is 2.59. The maximum Gasteiger partial charge on any atom is 0.335 e. The highest BCUT2D eigenvalue weighted by molar-refractivity contribution is 14.1. The number of nitrogens with one attached hydrogen (secondary N) is 1. The molecule has 0 saturated carbocycles. The second-order valence-corrected chi connectivity index (χ2v) is 8.10. The highest BCUT2D eigenvalue weighted by Crippen LogP contribution is 2.35. The number of carbonyl (C=O) groups is 3. The van der Waals surface area contributed by atoms with Crippen molar-refractivity contribution >= 4 is 52.2 Å². The molecule has 3 rings (SSSR count). The maximum absolute atomic E-state index is 13.1. The number of halogens is 1. The Labute approximate surface area is 193 Å². The van der Waals surface area contributed by atoms with Crippen molar-refractivity contribution in [2.45, 2.75) is 13.8 Å². The van der Waals surface area contributed by atoms with Crippen LogP contribution in [0.2, 0.25) is 0 Å². The van der Waals surface area contributed by atoms with Gasteiger partial charge in [-0.3, -0.25) is 14.9 Å². The van der Waals surface area contributed by atoms with Gasteiger partial charge in [-0.15, -0.1) is 0 Å². The van der Waals surface area contributed by atoms with Crippen molar-refractivity contribution in [1.29, 1.82) is 0 Å². The molecular weight excluding hydrogens is 511 g/mol. The van der Waals surface area contributed by atoms with Crippen LogP contribution in [0.3, 0.4) is 0 Å². The molecule has 0 bridgehead atoms. The van der Waals surface area contributed by atoms with Gasteiger partial charge in [0.1, 0.15) is 12.2 Å². The molecule has 0 spiro atoms. The van der Waals surface area contributed by atoms with Crippen LogP contribution in [0.5, 0.6) is 11.5 Å². The second-order valence-electron chi connectivity index (χ2n) is 6.94. The second kappa shape index (κ2) is 9.34. The molecule has 7 nitrogen and oxygen atoms in total. The number of rotatable bonds is 6. The van der Waals surface area contributed by atoms with Gasteiger partial charge in [0.05, 0.1) is 16.4 Å². The van der Waals surface area contributed by atoms with E-state index in [1.54, 1.807) is 30.3 Å². The first-order valence-corrected chi connectivity index (χ1v) is 10.4. The predicted octanol–water partition coefficient (Wildman–Crippen LogP) is 4.15. The average molecular weight is 532 g/mol. The minimum absolute atomic E-state index is 0.156. The number of carbonyl (C=O) groups excluding carboxylic acids is 3. The van der Waals surface area contributed by atoms with Gasteiger partial charge in [-0.05, 0) is 83.5 Å². The van der Waals surface area contributed by atoms with Crippen molar-refractivity contribution < 1.29 is 23.9 Å². The summed E-state index contributed by atoms with van der Waals surface area (Å²) in [7, 11) is 1.50. The Balaban J connectivity index is 2.04. The fourth-order valence-corrected chi connectivity index (χ4v) is 4.02. The molecule has 2 aromatic rings. The lowest BCUT2D eigenvalue weighted by Gasteiger charge is -2.27. The number of aryl methyl sites for hydroxylation is 2. The van der Waals surface area contributed by atoms with E-state index in [2.05, 4.69) is 34.5 Å². The lowest BCUT2D eigenvalue weighted by Crippen LogP contribution is -2.54. The summed E-state index contributed by atoms with van der Waals surface area (Å²) in [6.45, 7) is 7.68. The standard InChI is InChI=1S/C23H21IN2O5/c1-5-6-31-20-18(24)11-15(12-19(20)30-4)10-17-21(27)25-23(29)26(22(17)28)16-8-13(2)7-14(3)9-16/h5,7-12H,1,6H2,2-4H3,(H,25,27,29). The number of urea groups is 1. The van der Waals surface area contributed by atoms with Crippen LogP contribution >= 0.6 is 22.6 Å². The summed E-state index contributed by atoms with van der Waals surface area (Å²) in [5.74, 6) is -0.459. The molecule has 0 radical (unpaired) electrons.